The normalized spacial score (nSPS) is 10.6. The van der Waals surface area contributed by atoms with Crippen molar-refractivity contribution >= 4 is 15.8 Å². The van der Waals surface area contributed by atoms with E-state index in [9.17, 15) is 13.0 Å². The molecule has 66 valence electrons. The number of rotatable bonds is 1. The molecule has 6 heteroatoms. The van der Waals surface area contributed by atoms with Crippen LogP contribution in [0.2, 0.25) is 0 Å². The number of benzene rings is 1. The van der Waals surface area contributed by atoms with Gasteiger partial charge in [0.05, 0.1) is 10.6 Å². The molecule has 0 bridgehead atoms. The number of para-hydroxylation sites is 1. The molecule has 0 unspecified atom stereocenters. The third kappa shape index (κ3) is 2.96. The van der Waals surface area contributed by atoms with Gasteiger partial charge in [-0.3, -0.25) is 0 Å². The average Bonchev–Trinajstić information content (AvgIpc) is 1.92. The number of anilines is 1. The molecule has 0 spiro atoms. The summed E-state index contributed by atoms with van der Waals surface area (Å²) in [5, 5.41) is 0. The van der Waals surface area contributed by atoms with E-state index in [1.165, 1.54) is 12.1 Å². The molecule has 0 atom stereocenters. The second kappa shape index (κ2) is 4.43. The monoisotopic (exact) mass is 209 g/mol. The minimum absolute atomic E-state index is 0. The number of nitrogen functional groups attached to an aromatic ring is 1. The Balaban J connectivity index is 0.00000144. The number of hydrogen-bond acceptors (Lipinski definition) is 4. The Morgan fingerprint density at radius 3 is 2.31 bits per heavy atom. The topological polar surface area (TPSA) is 83.2 Å². The number of hydrogen-bond donors (Lipinski definition) is 1. The van der Waals surface area contributed by atoms with E-state index in [0.29, 0.717) is 5.56 Å². The molecule has 0 fully saturated rings. The van der Waals surface area contributed by atoms with E-state index in [0.717, 1.165) is 0 Å². The zero-order valence-corrected chi connectivity index (χ0v) is 10.3. The molecule has 0 amide bonds. The van der Waals surface area contributed by atoms with Crippen LogP contribution in [0.4, 0.5) is 5.69 Å². The van der Waals surface area contributed by atoms with Crippen LogP contribution in [0.3, 0.4) is 0 Å². The summed E-state index contributed by atoms with van der Waals surface area (Å²) < 4.78 is 31.7. The van der Waals surface area contributed by atoms with E-state index in [2.05, 4.69) is 0 Å². The summed E-state index contributed by atoms with van der Waals surface area (Å²) in [5.41, 5.74) is 6.01. The summed E-state index contributed by atoms with van der Waals surface area (Å²) in [6, 6.07) is 4.32. The van der Waals surface area contributed by atoms with Gasteiger partial charge in [0.25, 0.3) is 0 Å². The fourth-order valence-electron chi connectivity index (χ4n) is 0.872. The van der Waals surface area contributed by atoms with Crippen molar-refractivity contribution in [3.05, 3.63) is 23.8 Å². The van der Waals surface area contributed by atoms with Gasteiger partial charge in [-0.1, -0.05) is 12.1 Å². The van der Waals surface area contributed by atoms with E-state index in [4.69, 9.17) is 5.73 Å². The van der Waals surface area contributed by atoms with E-state index >= 15 is 0 Å². The van der Waals surface area contributed by atoms with Crippen LogP contribution in [0.5, 0.6) is 0 Å². The molecule has 2 N–H and O–H groups in total. The summed E-state index contributed by atoms with van der Waals surface area (Å²) in [5.74, 6) is 0. The Morgan fingerprint density at radius 1 is 1.38 bits per heavy atom. The fraction of sp³-hybridized carbons (Fsp3) is 0.143. The van der Waals surface area contributed by atoms with Crippen molar-refractivity contribution in [2.75, 3.05) is 5.73 Å². The Labute approximate surface area is 99.2 Å². The molecule has 4 nitrogen and oxygen atoms in total. The second-order valence-electron chi connectivity index (χ2n) is 2.44. The Hall–Kier alpha value is -0.0700. The minimum Gasteiger partial charge on any atom is -0.744 e. The Morgan fingerprint density at radius 2 is 1.92 bits per heavy atom. The van der Waals surface area contributed by atoms with Gasteiger partial charge in [-0.15, -0.1) is 0 Å². The first-order valence-electron chi connectivity index (χ1n) is 3.24. The van der Waals surface area contributed by atoms with Crippen molar-refractivity contribution < 1.29 is 42.5 Å². The molecule has 0 aliphatic rings. The van der Waals surface area contributed by atoms with Crippen molar-refractivity contribution in [3.8, 4) is 0 Å². The molecule has 0 radical (unpaired) electrons. The van der Waals surface area contributed by atoms with Gasteiger partial charge in [0.2, 0.25) is 0 Å². The molecular weight excluding hydrogens is 201 g/mol. The van der Waals surface area contributed by atoms with E-state index in [-0.39, 0.29) is 40.1 Å². The van der Waals surface area contributed by atoms with E-state index in [1.54, 1.807) is 13.0 Å². The fourth-order valence-corrected chi connectivity index (χ4v) is 1.55. The molecule has 0 aromatic heterocycles. The van der Waals surface area contributed by atoms with Crippen LogP contribution in [-0.4, -0.2) is 13.0 Å². The van der Waals surface area contributed by atoms with Crippen molar-refractivity contribution in [3.63, 3.8) is 0 Å². The van der Waals surface area contributed by atoms with Gasteiger partial charge in [-0.05, 0) is 18.6 Å². The van der Waals surface area contributed by atoms with Gasteiger partial charge in [0, 0.05) is 0 Å². The summed E-state index contributed by atoms with van der Waals surface area (Å²) in [7, 11) is -4.43. The SMILES string of the molecule is Cc1cccc(S(=O)(=O)[O-])c1N.[Na+]. The molecule has 0 heterocycles. The van der Waals surface area contributed by atoms with Crippen LogP contribution < -0.4 is 35.3 Å². The van der Waals surface area contributed by atoms with E-state index in [1.807, 2.05) is 0 Å². The maximum atomic E-state index is 10.6. The van der Waals surface area contributed by atoms with Gasteiger partial charge in [0.15, 0.2) is 0 Å². The molecule has 13 heavy (non-hydrogen) atoms. The van der Waals surface area contributed by atoms with Crippen LogP contribution in [0.15, 0.2) is 23.1 Å². The van der Waals surface area contributed by atoms with Crippen LogP contribution in [0, 0.1) is 6.92 Å². The molecule has 1 aromatic rings. The molecule has 0 saturated carbocycles. The van der Waals surface area contributed by atoms with Crippen LogP contribution >= 0.6 is 0 Å². The largest absolute Gasteiger partial charge is 1.00 e. The summed E-state index contributed by atoms with van der Waals surface area (Å²) in [6.45, 7) is 1.64. The zero-order chi connectivity index (χ0) is 9.35. The Kier molecular flexibility index (Phi) is 4.41. The first-order valence-corrected chi connectivity index (χ1v) is 4.65. The average molecular weight is 209 g/mol. The van der Waals surface area contributed by atoms with Gasteiger partial charge >= 0.3 is 29.6 Å². The van der Waals surface area contributed by atoms with E-state index < -0.39 is 10.1 Å². The predicted octanol–water partition coefficient (Wildman–Crippen LogP) is -2.51. The van der Waals surface area contributed by atoms with Crippen LogP contribution in [0.25, 0.3) is 0 Å². The van der Waals surface area contributed by atoms with Crippen molar-refractivity contribution in [2.24, 2.45) is 0 Å². The van der Waals surface area contributed by atoms with Gasteiger partial charge in [-0.25, -0.2) is 8.42 Å². The zero-order valence-electron chi connectivity index (χ0n) is 7.44. The third-order valence-corrected chi connectivity index (χ3v) is 2.45. The molecule has 1 rings (SSSR count). The number of aryl methyl sites for hydroxylation is 1. The van der Waals surface area contributed by atoms with Crippen molar-refractivity contribution in [1.82, 2.24) is 0 Å². The van der Waals surface area contributed by atoms with Crippen LogP contribution in [-0.2, 0) is 10.1 Å². The first kappa shape index (κ1) is 12.9. The van der Waals surface area contributed by atoms with Gasteiger partial charge in [-0.2, -0.15) is 0 Å². The minimum atomic E-state index is -4.43. The Bertz CT molecular complexity index is 402. The smallest absolute Gasteiger partial charge is 0.744 e. The maximum Gasteiger partial charge on any atom is 1.00 e. The summed E-state index contributed by atoms with van der Waals surface area (Å²) in [4.78, 5) is -0.345. The first-order chi connectivity index (χ1) is 5.43. The van der Waals surface area contributed by atoms with Crippen molar-refractivity contribution in [2.45, 2.75) is 11.8 Å². The summed E-state index contributed by atoms with van der Waals surface area (Å²) in [6.07, 6.45) is 0. The van der Waals surface area contributed by atoms with Crippen LogP contribution in [0.1, 0.15) is 5.56 Å². The summed E-state index contributed by atoms with van der Waals surface area (Å²) >= 11 is 0. The predicted molar refractivity (Wildman–Crippen MR) is 43.6 cm³/mol. The molecule has 0 aliphatic heterocycles. The molecule has 0 saturated heterocycles. The maximum absolute atomic E-state index is 10.6. The van der Waals surface area contributed by atoms with Gasteiger partial charge in [0.1, 0.15) is 10.1 Å². The quantitative estimate of drug-likeness (QED) is 0.314. The molecular formula is C7H8NNaO3S. The molecule has 0 aliphatic carbocycles. The number of nitrogens with two attached hydrogens (primary N) is 1. The second-order valence-corrected chi connectivity index (χ2v) is 3.79. The third-order valence-electron chi connectivity index (χ3n) is 1.55. The van der Waals surface area contributed by atoms with Gasteiger partial charge < -0.3 is 10.3 Å². The standard InChI is InChI=1S/C7H9NO3S.Na/c1-5-3-2-4-6(7(5)8)12(9,10)11;/h2-4H,8H2,1H3,(H,9,10,11);/q;+1/p-1. The molecule has 1 aromatic carbocycles. The van der Waals surface area contributed by atoms with Crippen molar-refractivity contribution in [1.29, 1.82) is 0 Å².